The third-order valence-electron chi connectivity index (χ3n) is 1.93. The van der Waals surface area contributed by atoms with E-state index in [1.807, 2.05) is 0 Å². The molecule has 0 amide bonds. The fourth-order valence-corrected chi connectivity index (χ4v) is 1.13. The van der Waals surface area contributed by atoms with Crippen molar-refractivity contribution in [3.8, 4) is 0 Å². The van der Waals surface area contributed by atoms with E-state index in [1.54, 1.807) is 0 Å². The lowest BCUT2D eigenvalue weighted by atomic mass is 9.99. The molecule has 1 fully saturated rings. The van der Waals surface area contributed by atoms with Crippen LogP contribution in [-0.4, -0.2) is 57.7 Å². The average molecular weight is 179 g/mol. The molecule has 0 unspecified atom stereocenters. The largest absolute Gasteiger partial charge is 0.394 e. The number of aliphatic hydroxyl groups is 4. The first-order valence-corrected chi connectivity index (χ1v) is 3.64. The Balaban J connectivity index is 2.63. The zero-order chi connectivity index (χ0) is 9.30. The third-order valence-corrected chi connectivity index (χ3v) is 1.93. The standard InChI is InChI=1S/C6H13NO5/c7-6-5(11)4(10)3(9)2(1-8)12-6/h2-6,8-11H,1,7H2/t2-,3+,4-,5-,6-/m1/s1. The van der Waals surface area contributed by atoms with Crippen LogP contribution in [-0.2, 0) is 4.74 Å². The van der Waals surface area contributed by atoms with Gasteiger partial charge in [-0.25, -0.2) is 0 Å². The molecule has 5 atom stereocenters. The minimum absolute atomic E-state index is 0.446. The molecule has 1 aliphatic heterocycles. The van der Waals surface area contributed by atoms with E-state index in [2.05, 4.69) is 0 Å². The molecule has 1 rings (SSSR count). The van der Waals surface area contributed by atoms with Gasteiger partial charge in [0.15, 0.2) is 0 Å². The molecule has 1 saturated heterocycles. The highest BCUT2D eigenvalue weighted by Crippen LogP contribution is 2.17. The van der Waals surface area contributed by atoms with Crippen LogP contribution in [0.2, 0.25) is 0 Å². The summed E-state index contributed by atoms with van der Waals surface area (Å²) in [7, 11) is 0. The van der Waals surface area contributed by atoms with Crippen molar-refractivity contribution in [1.82, 2.24) is 0 Å². The van der Waals surface area contributed by atoms with Crippen molar-refractivity contribution >= 4 is 0 Å². The van der Waals surface area contributed by atoms with Crippen molar-refractivity contribution in [1.29, 1.82) is 0 Å². The molecule has 12 heavy (non-hydrogen) atoms. The van der Waals surface area contributed by atoms with Crippen LogP contribution in [0.5, 0.6) is 0 Å². The molecule has 6 heteroatoms. The second-order valence-electron chi connectivity index (χ2n) is 2.79. The summed E-state index contributed by atoms with van der Waals surface area (Å²) in [5.74, 6) is 0. The number of ether oxygens (including phenoxy) is 1. The highest BCUT2D eigenvalue weighted by molar-refractivity contribution is 4.89. The minimum Gasteiger partial charge on any atom is -0.394 e. The van der Waals surface area contributed by atoms with Crippen LogP contribution in [0.1, 0.15) is 0 Å². The molecule has 6 nitrogen and oxygen atoms in total. The Bertz CT molecular complexity index is 150. The molecule has 1 heterocycles. The normalized spacial score (nSPS) is 49.2. The van der Waals surface area contributed by atoms with Gasteiger partial charge in [-0.3, -0.25) is 0 Å². The van der Waals surface area contributed by atoms with Gasteiger partial charge in [0.25, 0.3) is 0 Å². The molecule has 0 aromatic heterocycles. The number of nitrogens with two attached hydrogens (primary N) is 1. The maximum atomic E-state index is 9.18. The van der Waals surface area contributed by atoms with Crippen molar-refractivity contribution in [2.75, 3.05) is 6.61 Å². The fourth-order valence-electron chi connectivity index (χ4n) is 1.13. The summed E-state index contributed by atoms with van der Waals surface area (Å²) in [5.41, 5.74) is 5.24. The summed E-state index contributed by atoms with van der Waals surface area (Å²) >= 11 is 0. The fraction of sp³-hybridized carbons (Fsp3) is 1.00. The summed E-state index contributed by atoms with van der Waals surface area (Å²) in [4.78, 5) is 0. The Morgan fingerprint density at radius 1 is 1.08 bits per heavy atom. The number of hydrogen-bond donors (Lipinski definition) is 5. The Morgan fingerprint density at radius 2 is 1.67 bits per heavy atom. The van der Waals surface area contributed by atoms with Gasteiger partial charge >= 0.3 is 0 Å². The summed E-state index contributed by atoms with van der Waals surface area (Å²) in [6.07, 6.45) is -5.99. The van der Waals surface area contributed by atoms with Crippen molar-refractivity contribution in [2.45, 2.75) is 30.6 Å². The van der Waals surface area contributed by atoms with Gasteiger partial charge in [0.2, 0.25) is 0 Å². The molecule has 1 aliphatic rings. The molecular weight excluding hydrogens is 166 g/mol. The van der Waals surface area contributed by atoms with Gasteiger partial charge in [-0.2, -0.15) is 0 Å². The number of hydrogen-bond acceptors (Lipinski definition) is 6. The molecule has 72 valence electrons. The Kier molecular flexibility index (Phi) is 2.99. The summed E-state index contributed by atoms with van der Waals surface area (Å²) in [6.45, 7) is -0.446. The second kappa shape index (κ2) is 3.65. The maximum absolute atomic E-state index is 9.18. The van der Waals surface area contributed by atoms with Gasteiger partial charge in [0.05, 0.1) is 6.61 Å². The van der Waals surface area contributed by atoms with Crippen LogP contribution in [0, 0.1) is 0 Å². The van der Waals surface area contributed by atoms with Crippen molar-refractivity contribution in [3.05, 3.63) is 0 Å². The van der Waals surface area contributed by atoms with Gasteiger partial charge in [-0.15, -0.1) is 0 Å². The lowest BCUT2D eigenvalue weighted by molar-refractivity contribution is -0.227. The molecule has 0 aliphatic carbocycles. The van der Waals surface area contributed by atoms with Crippen LogP contribution in [0.25, 0.3) is 0 Å². The second-order valence-corrected chi connectivity index (χ2v) is 2.79. The molecule has 0 saturated carbocycles. The average Bonchev–Trinajstić information content (AvgIpc) is 2.08. The van der Waals surface area contributed by atoms with Crippen LogP contribution in [0.4, 0.5) is 0 Å². The summed E-state index contributed by atoms with van der Waals surface area (Å²) in [6, 6.07) is 0. The first kappa shape index (κ1) is 9.85. The van der Waals surface area contributed by atoms with Crippen LogP contribution in [0.3, 0.4) is 0 Å². The quantitative estimate of drug-likeness (QED) is 0.288. The monoisotopic (exact) mass is 179 g/mol. The van der Waals surface area contributed by atoms with Crippen molar-refractivity contribution in [3.63, 3.8) is 0 Å². The maximum Gasteiger partial charge on any atom is 0.135 e. The lowest BCUT2D eigenvalue weighted by Gasteiger charge is -2.38. The molecule has 0 spiro atoms. The first-order valence-electron chi connectivity index (χ1n) is 3.64. The van der Waals surface area contributed by atoms with Crippen LogP contribution >= 0.6 is 0 Å². The number of rotatable bonds is 1. The smallest absolute Gasteiger partial charge is 0.135 e. The molecule has 0 aromatic carbocycles. The molecule has 6 N–H and O–H groups in total. The Morgan fingerprint density at radius 3 is 2.17 bits per heavy atom. The van der Waals surface area contributed by atoms with E-state index in [-0.39, 0.29) is 0 Å². The minimum atomic E-state index is -1.37. The molecular formula is C6H13NO5. The SMILES string of the molecule is N[C@@H]1O[C@H](CO)[C@H](O)[C@@H](O)[C@H]1O. The van der Waals surface area contributed by atoms with E-state index >= 15 is 0 Å². The van der Waals surface area contributed by atoms with Crippen molar-refractivity contribution < 1.29 is 25.2 Å². The highest BCUT2D eigenvalue weighted by atomic mass is 16.6. The first-order chi connectivity index (χ1) is 5.57. The van der Waals surface area contributed by atoms with E-state index < -0.39 is 37.3 Å². The van der Waals surface area contributed by atoms with E-state index in [4.69, 9.17) is 25.8 Å². The van der Waals surface area contributed by atoms with E-state index in [1.165, 1.54) is 0 Å². The molecule has 0 radical (unpaired) electrons. The van der Waals surface area contributed by atoms with Gasteiger partial charge in [-0.1, -0.05) is 0 Å². The van der Waals surface area contributed by atoms with E-state index in [9.17, 15) is 5.11 Å². The predicted molar refractivity (Wildman–Crippen MR) is 38.0 cm³/mol. The summed E-state index contributed by atoms with van der Waals surface area (Å²) in [5, 5.41) is 36.1. The van der Waals surface area contributed by atoms with Crippen LogP contribution in [0.15, 0.2) is 0 Å². The topological polar surface area (TPSA) is 116 Å². The van der Waals surface area contributed by atoms with E-state index in [0.717, 1.165) is 0 Å². The zero-order valence-corrected chi connectivity index (χ0v) is 6.37. The third kappa shape index (κ3) is 1.58. The molecule has 0 bridgehead atoms. The van der Waals surface area contributed by atoms with Gasteiger partial charge in [0, 0.05) is 0 Å². The Hall–Kier alpha value is -0.240. The van der Waals surface area contributed by atoms with Crippen LogP contribution < -0.4 is 5.73 Å². The van der Waals surface area contributed by atoms with E-state index in [0.29, 0.717) is 0 Å². The zero-order valence-electron chi connectivity index (χ0n) is 6.37. The van der Waals surface area contributed by atoms with Gasteiger partial charge in [0.1, 0.15) is 30.6 Å². The number of aliphatic hydroxyl groups excluding tert-OH is 4. The Labute approximate surface area is 69.2 Å². The molecule has 0 aromatic rings. The van der Waals surface area contributed by atoms with Gasteiger partial charge < -0.3 is 30.9 Å². The predicted octanol–water partition coefficient (Wildman–Crippen LogP) is -3.25. The lowest BCUT2D eigenvalue weighted by Crippen LogP contribution is -2.61. The van der Waals surface area contributed by atoms with Gasteiger partial charge in [-0.05, 0) is 0 Å². The van der Waals surface area contributed by atoms with Crippen molar-refractivity contribution in [2.24, 2.45) is 5.73 Å². The summed E-state index contributed by atoms with van der Waals surface area (Å²) < 4.78 is 4.80. The highest BCUT2D eigenvalue weighted by Gasteiger charge is 2.41.